The number of oxazole rings is 1. The van der Waals surface area contributed by atoms with Crippen molar-refractivity contribution in [2.45, 2.75) is 6.18 Å². The lowest BCUT2D eigenvalue weighted by Gasteiger charge is -2.07. The molecule has 0 saturated heterocycles. The molecule has 1 amide bonds. The number of rotatable bonds is 3. The van der Waals surface area contributed by atoms with Crippen LogP contribution in [0.3, 0.4) is 0 Å². The molecule has 0 aliphatic heterocycles. The predicted molar refractivity (Wildman–Crippen MR) is 80.7 cm³/mol. The Kier molecular flexibility index (Phi) is 3.88. The number of halogens is 3. The van der Waals surface area contributed by atoms with E-state index >= 15 is 0 Å². The van der Waals surface area contributed by atoms with Crippen LogP contribution in [0.5, 0.6) is 5.75 Å². The number of ether oxygens (including phenoxy) is 1. The number of benzene rings is 2. The van der Waals surface area contributed by atoms with E-state index in [0.29, 0.717) is 16.8 Å². The molecule has 1 aromatic heterocycles. The predicted octanol–water partition coefficient (Wildman–Crippen LogP) is 4.00. The SMILES string of the molecule is COc1ccccc1-c1nc2ccc(NC(=O)C(F)(F)F)cc2o1. The van der Waals surface area contributed by atoms with Gasteiger partial charge in [0.15, 0.2) is 5.58 Å². The number of hydrogen-bond acceptors (Lipinski definition) is 4. The largest absolute Gasteiger partial charge is 0.496 e. The molecule has 0 aliphatic rings. The first-order valence-electron chi connectivity index (χ1n) is 6.80. The normalized spacial score (nSPS) is 11.5. The van der Waals surface area contributed by atoms with Crippen molar-refractivity contribution in [2.75, 3.05) is 12.4 Å². The molecule has 0 atom stereocenters. The van der Waals surface area contributed by atoms with Gasteiger partial charge in [-0.1, -0.05) is 12.1 Å². The van der Waals surface area contributed by atoms with Crippen molar-refractivity contribution in [3.05, 3.63) is 42.5 Å². The first-order valence-corrected chi connectivity index (χ1v) is 6.80. The number of fused-ring (bicyclic) bond motifs is 1. The molecule has 8 heteroatoms. The van der Waals surface area contributed by atoms with Gasteiger partial charge in [-0.05, 0) is 24.3 Å². The van der Waals surface area contributed by atoms with Crippen LogP contribution in [-0.2, 0) is 4.79 Å². The van der Waals surface area contributed by atoms with Crippen molar-refractivity contribution < 1.29 is 27.1 Å². The number of nitrogens with one attached hydrogen (secondary N) is 1. The maximum absolute atomic E-state index is 12.3. The second-order valence-corrected chi connectivity index (χ2v) is 4.85. The highest BCUT2D eigenvalue weighted by Crippen LogP contribution is 2.32. The van der Waals surface area contributed by atoms with Gasteiger partial charge in [-0.3, -0.25) is 4.79 Å². The summed E-state index contributed by atoms with van der Waals surface area (Å²) in [5.74, 6) is -1.23. The molecule has 0 radical (unpaired) electrons. The average molecular weight is 336 g/mol. The highest BCUT2D eigenvalue weighted by atomic mass is 19.4. The molecule has 0 bridgehead atoms. The number of nitrogens with zero attached hydrogens (tertiary/aromatic N) is 1. The maximum Gasteiger partial charge on any atom is 0.471 e. The summed E-state index contributed by atoms with van der Waals surface area (Å²) in [4.78, 5) is 15.3. The molecular formula is C16H11F3N2O3. The summed E-state index contributed by atoms with van der Waals surface area (Å²) in [5, 5.41) is 1.77. The Hall–Kier alpha value is -3.03. The fourth-order valence-electron chi connectivity index (χ4n) is 2.14. The first-order chi connectivity index (χ1) is 11.4. The zero-order valence-electron chi connectivity index (χ0n) is 12.3. The van der Waals surface area contributed by atoms with Crippen LogP contribution < -0.4 is 10.1 Å². The van der Waals surface area contributed by atoms with E-state index in [-0.39, 0.29) is 17.2 Å². The number of para-hydroxylation sites is 1. The van der Waals surface area contributed by atoms with Crippen LogP contribution in [-0.4, -0.2) is 24.2 Å². The number of alkyl halides is 3. The standard InChI is InChI=1S/C16H11F3N2O3/c1-23-12-5-3-2-4-10(12)14-21-11-7-6-9(8-13(11)24-14)20-15(22)16(17,18)19/h2-8H,1H3,(H,20,22). The van der Waals surface area contributed by atoms with Gasteiger partial charge in [0.1, 0.15) is 11.3 Å². The zero-order chi connectivity index (χ0) is 17.3. The Morgan fingerprint density at radius 3 is 2.67 bits per heavy atom. The number of aromatic nitrogens is 1. The van der Waals surface area contributed by atoms with Gasteiger partial charge in [0.25, 0.3) is 0 Å². The van der Waals surface area contributed by atoms with E-state index < -0.39 is 12.1 Å². The van der Waals surface area contributed by atoms with Crippen molar-refractivity contribution >= 4 is 22.7 Å². The summed E-state index contributed by atoms with van der Waals surface area (Å²) in [6.45, 7) is 0. The van der Waals surface area contributed by atoms with E-state index in [1.54, 1.807) is 29.6 Å². The lowest BCUT2D eigenvalue weighted by atomic mass is 10.2. The van der Waals surface area contributed by atoms with Crippen LogP contribution in [0.1, 0.15) is 0 Å². The van der Waals surface area contributed by atoms with Gasteiger partial charge in [-0.2, -0.15) is 13.2 Å². The lowest BCUT2D eigenvalue weighted by Crippen LogP contribution is -2.29. The molecule has 5 nitrogen and oxygen atoms in total. The highest BCUT2D eigenvalue weighted by molar-refractivity contribution is 5.96. The quantitative estimate of drug-likeness (QED) is 0.785. The van der Waals surface area contributed by atoms with Gasteiger partial charge in [0, 0.05) is 11.8 Å². The Bertz CT molecular complexity index is 903. The van der Waals surface area contributed by atoms with Crippen molar-refractivity contribution in [1.82, 2.24) is 4.98 Å². The average Bonchev–Trinajstić information content (AvgIpc) is 2.97. The molecule has 124 valence electrons. The molecule has 0 spiro atoms. The molecule has 3 rings (SSSR count). The smallest absolute Gasteiger partial charge is 0.471 e. The number of carbonyl (C=O) groups is 1. The highest BCUT2D eigenvalue weighted by Gasteiger charge is 2.38. The van der Waals surface area contributed by atoms with E-state index in [4.69, 9.17) is 9.15 Å². The van der Waals surface area contributed by atoms with E-state index in [9.17, 15) is 18.0 Å². The zero-order valence-corrected chi connectivity index (χ0v) is 12.3. The summed E-state index contributed by atoms with van der Waals surface area (Å²) in [6, 6.07) is 11.1. The Morgan fingerprint density at radius 1 is 1.21 bits per heavy atom. The van der Waals surface area contributed by atoms with Crippen molar-refractivity contribution in [1.29, 1.82) is 0 Å². The minimum atomic E-state index is -4.96. The van der Waals surface area contributed by atoms with E-state index in [1.165, 1.54) is 25.3 Å². The molecule has 0 aliphatic carbocycles. The number of anilines is 1. The Balaban J connectivity index is 1.96. The number of amides is 1. The van der Waals surface area contributed by atoms with Crippen LogP contribution in [0.15, 0.2) is 46.9 Å². The van der Waals surface area contributed by atoms with E-state index in [0.717, 1.165) is 0 Å². The number of hydrogen-bond donors (Lipinski definition) is 1. The fourth-order valence-corrected chi connectivity index (χ4v) is 2.14. The van der Waals surface area contributed by atoms with Crippen molar-refractivity contribution in [3.8, 4) is 17.2 Å². The first kappa shape index (κ1) is 15.9. The third-order valence-corrected chi connectivity index (χ3v) is 3.24. The molecule has 3 aromatic rings. The van der Waals surface area contributed by atoms with Crippen LogP contribution >= 0.6 is 0 Å². The minimum Gasteiger partial charge on any atom is -0.496 e. The van der Waals surface area contributed by atoms with Crippen LogP contribution in [0.25, 0.3) is 22.6 Å². The summed E-state index contributed by atoms with van der Waals surface area (Å²) < 4.78 is 47.7. The van der Waals surface area contributed by atoms with Crippen LogP contribution in [0.2, 0.25) is 0 Å². The van der Waals surface area contributed by atoms with Crippen LogP contribution in [0.4, 0.5) is 18.9 Å². The third kappa shape index (κ3) is 3.03. The van der Waals surface area contributed by atoms with Gasteiger partial charge < -0.3 is 14.5 Å². The van der Waals surface area contributed by atoms with Crippen molar-refractivity contribution in [3.63, 3.8) is 0 Å². The van der Waals surface area contributed by atoms with Gasteiger partial charge >= 0.3 is 12.1 Å². The van der Waals surface area contributed by atoms with Gasteiger partial charge in [-0.25, -0.2) is 4.98 Å². The van der Waals surface area contributed by atoms with Gasteiger partial charge in [-0.15, -0.1) is 0 Å². The van der Waals surface area contributed by atoms with Gasteiger partial charge in [0.05, 0.1) is 12.7 Å². The summed E-state index contributed by atoms with van der Waals surface area (Å²) in [6.07, 6.45) is -4.96. The fraction of sp³-hybridized carbons (Fsp3) is 0.125. The molecule has 24 heavy (non-hydrogen) atoms. The number of carbonyl (C=O) groups excluding carboxylic acids is 1. The molecule has 0 unspecified atom stereocenters. The van der Waals surface area contributed by atoms with Crippen LogP contribution in [0, 0.1) is 0 Å². The van der Waals surface area contributed by atoms with Gasteiger partial charge in [0.2, 0.25) is 5.89 Å². The monoisotopic (exact) mass is 336 g/mol. The summed E-state index contributed by atoms with van der Waals surface area (Å²) >= 11 is 0. The van der Waals surface area contributed by atoms with Crippen molar-refractivity contribution in [2.24, 2.45) is 0 Å². The summed E-state index contributed by atoms with van der Waals surface area (Å²) in [5.41, 5.74) is 1.27. The molecule has 1 N–H and O–H groups in total. The lowest BCUT2D eigenvalue weighted by molar-refractivity contribution is -0.167. The molecular weight excluding hydrogens is 325 g/mol. The Labute approximate surface area is 134 Å². The molecule has 2 aromatic carbocycles. The summed E-state index contributed by atoms with van der Waals surface area (Å²) in [7, 11) is 1.51. The third-order valence-electron chi connectivity index (χ3n) is 3.24. The van der Waals surface area contributed by atoms with E-state index in [2.05, 4.69) is 4.98 Å². The van der Waals surface area contributed by atoms with E-state index in [1.807, 2.05) is 0 Å². The second-order valence-electron chi connectivity index (χ2n) is 4.85. The number of methoxy groups -OCH3 is 1. The molecule has 0 saturated carbocycles. The minimum absolute atomic E-state index is 0.0347. The molecule has 0 fully saturated rings. The topological polar surface area (TPSA) is 64.4 Å². The second kappa shape index (κ2) is 5.88. The Morgan fingerprint density at radius 2 is 1.96 bits per heavy atom. The molecule has 1 heterocycles. The maximum atomic E-state index is 12.3.